The van der Waals surface area contributed by atoms with Gasteiger partial charge in [0.2, 0.25) is 5.95 Å². The number of hydrogen-bond donors (Lipinski definition) is 2. The van der Waals surface area contributed by atoms with E-state index < -0.39 is 11.6 Å². The molecule has 0 radical (unpaired) electrons. The van der Waals surface area contributed by atoms with Crippen molar-refractivity contribution >= 4 is 17.5 Å². The van der Waals surface area contributed by atoms with Gasteiger partial charge >= 0.3 is 0 Å². The molecule has 2 aromatic carbocycles. The number of methoxy groups -OCH3 is 1. The maximum atomic E-state index is 13.7. The highest BCUT2D eigenvalue weighted by atomic mass is 19.1. The summed E-state index contributed by atoms with van der Waals surface area (Å²) >= 11 is 0. The molecule has 0 bridgehead atoms. The largest absolute Gasteiger partial charge is 0.496 e. The van der Waals surface area contributed by atoms with E-state index in [0.29, 0.717) is 12.4 Å². The number of rotatable bonds is 6. The van der Waals surface area contributed by atoms with Crippen LogP contribution >= 0.6 is 0 Å². The Bertz CT molecular complexity index is 855. The molecule has 0 fully saturated rings. The zero-order valence-corrected chi connectivity index (χ0v) is 13.3. The number of anilines is 3. The van der Waals surface area contributed by atoms with Crippen molar-refractivity contribution in [2.24, 2.45) is 0 Å². The summed E-state index contributed by atoms with van der Waals surface area (Å²) in [5, 5.41) is 13.1. The number of nitrogens with zero attached hydrogens (tertiary/aromatic N) is 3. The number of hydrogen-bond acceptors (Lipinski definition) is 6. The van der Waals surface area contributed by atoms with Gasteiger partial charge < -0.3 is 15.4 Å². The summed E-state index contributed by atoms with van der Waals surface area (Å²) < 4.78 is 32.6. The number of nitrogens with one attached hydrogen (secondary N) is 2. The minimum absolute atomic E-state index is 0.0194. The maximum Gasteiger partial charge on any atom is 0.249 e. The summed E-state index contributed by atoms with van der Waals surface area (Å²) in [7, 11) is 1.59. The summed E-state index contributed by atoms with van der Waals surface area (Å²) in [6.45, 7) is 0.441. The predicted molar refractivity (Wildman–Crippen MR) is 89.8 cm³/mol. The maximum absolute atomic E-state index is 13.7. The molecule has 0 aliphatic carbocycles. The zero-order valence-electron chi connectivity index (χ0n) is 13.3. The second-order valence-corrected chi connectivity index (χ2v) is 5.05. The molecule has 0 saturated carbocycles. The fourth-order valence-corrected chi connectivity index (χ4v) is 2.21. The summed E-state index contributed by atoms with van der Waals surface area (Å²) in [4.78, 5) is 4.15. The van der Waals surface area contributed by atoms with E-state index in [0.717, 1.165) is 23.4 Å². The Labute approximate surface area is 142 Å². The molecule has 0 amide bonds. The van der Waals surface area contributed by atoms with E-state index in [9.17, 15) is 8.78 Å². The van der Waals surface area contributed by atoms with E-state index >= 15 is 0 Å². The van der Waals surface area contributed by atoms with Crippen molar-refractivity contribution in [1.82, 2.24) is 15.2 Å². The van der Waals surface area contributed by atoms with Gasteiger partial charge in [-0.25, -0.2) is 8.78 Å². The van der Waals surface area contributed by atoms with Crippen molar-refractivity contribution < 1.29 is 13.5 Å². The highest BCUT2D eigenvalue weighted by molar-refractivity contribution is 5.55. The van der Waals surface area contributed by atoms with Crippen LogP contribution < -0.4 is 15.4 Å². The predicted octanol–water partition coefficient (Wildman–Crippen LogP) is 3.51. The lowest BCUT2D eigenvalue weighted by Crippen LogP contribution is -2.07. The molecule has 3 aromatic rings. The van der Waals surface area contributed by atoms with Gasteiger partial charge in [-0.2, -0.15) is 10.1 Å². The average Bonchev–Trinajstić information content (AvgIpc) is 2.64. The molecule has 0 atom stereocenters. The summed E-state index contributed by atoms with van der Waals surface area (Å²) in [5.41, 5.74) is 0.601. The SMILES string of the molecule is COc1ccccc1CNc1cnnc(Nc2c(F)cccc2F)n1. The van der Waals surface area contributed by atoms with Gasteiger partial charge in [0.15, 0.2) is 5.82 Å². The minimum Gasteiger partial charge on any atom is -0.496 e. The van der Waals surface area contributed by atoms with Crippen molar-refractivity contribution in [3.05, 3.63) is 65.9 Å². The first-order chi connectivity index (χ1) is 12.2. The Morgan fingerprint density at radius 3 is 2.56 bits per heavy atom. The molecule has 1 heterocycles. The first-order valence-electron chi connectivity index (χ1n) is 7.44. The van der Waals surface area contributed by atoms with Crippen LogP contribution in [0.5, 0.6) is 5.75 Å². The molecule has 0 aliphatic rings. The summed E-state index contributed by atoms with van der Waals surface area (Å²) in [6.07, 6.45) is 1.41. The fourth-order valence-electron chi connectivity index (χ4n) is 2.21. The second-order valence-electron chi connectivity index (χ2n) is 5.05. The van der Waals surface area contributed by atoms with Gasteiger partial charge in [0.05, 0.1) is 13.3 Å². The Balaban J connectivity index is 1.73. The van der Waals surface area contributed by atoms with Crippen LogP contribution in [-0.4, -0.2) is 22.3 Å². The number of benzene rings is 2. The molecule has 128 valence electrons. The second kappa shape index (κ2) is 7.52. The van der Waals surface area contributed by atoms with Crippen molar-refractivity contribution in [3.63, 3.8) is 0 Å². The van der Waals surface area contributed by atoms with Gasteiger partial charge in [0.25, 0.3) is 0 Å². The quantitative estimate of drug-likeness (QED) is 0.714. The molecular weight excluding hydrogens is 328 g/mol. The van der Waals surface area contributed by atoms with Crippen LogP contribution in [0.4, 0.5) is 26.2 Å². The van der Waals surface area contributed by atoms with E-state index in [1.54, 1.807) is 7.11 Å². The molecule has 8 heteroatoms. The third-order valence-corrected chi connectivity index (χ3v) is 3.41. The third-order valence-electron chi connectivity index (χ3n) is 3.41. The molecule has 2 N–H and O–H groups in total. The van der Waals surface area contributed by atoms with E-state index in [1.165, 1.54) is 12.3 Å². The van der Waals surface area contributed by atoms with Crippen LogP contribution in [0, 0.1) is 11.6 Å². The van der Waals surface area contributed by atoms with Crippen molar-refractivity contribution in [2.45, 2.75) is 6.54 Å². The first kappa shape index (κ1) is 16.6. The van der Waals surface area contributed by atoms with Crippen molar-refractivity contribution in [3.8, 4) is 5.75 Å². The molecule has 25 heavy (non-hydrogen) atoms. The lowest BCUT2D eigenvalue weighted by atomic mass is 10.2. The zero-order chi connectivity index (χ0) is 17.6. The van der Waals surface area contributed by atoms with Gasteiger partial charge in [-0.3, -0.25) is 0 Å². The van der Waals surface area contributed by atoms with Gasteiger partial charge in [-0.05, 0) is 18.2 Å². The molecule has 0 unspecified atom stereocenters. The van der Waals surface area contributed by atoms with E-state index in [4.69, 9.17) is 4.74 Å². The number of halogens is 2. The Hall–Kier alpha value is -3.29. The van der Waals surface area contributed by atoms with E-state index in [1.807, 2.05) is 24.3 Å². The third kappa shape index (κ3) is 3.97. The van der Waals surface area contributed by atoms with Gasteiger partial charge in [0, 0.05) is 12.1 Å². The topological polar surface area (TPSA) is 72.0 Å². The van der Waals surface area contributed by atoms with Crippen molar-refractivity contribution in [2.75, 3.05) is 17.7 Å². The molecule has 1 aromatic heterocycles. The molecular formula is C17H15F2N5O. The fraction of sp³-hybridized carbons (Fsp3) is 0.118. The Morgan fingerprint density at radius 1 is 1.04 bits per heavy atom. The van der Waals surface area contributed by atoms with Gasteiger partial charge in [-0.15, -0.1) is 5.10 Å². The van der Waals surface area contributed by atoms with Gasteiger partial charge in [0.1, 0.15) is 23.1 Å². The lowest BCUT2D eigenvalue weighted by Gasteiger charge is -2.11. The van der Waals surface area contributed by atoms with Crippen LogP contribution in [0.1, 0.15) is 5.56 Å². The smallest absolute Gasteiger partial charge is 0.249 e. The van der Waals surface area contributed by atoms with Crippen molar-refractivity contribution in [1.29, 1.82) is 0 Å². The number of para-hydroxylation sites is 2. The Morgan fingerprint density at radius 2 is 1.80 bits per heavy atom. The van der Waals surface area contributed by atoms with Gasteiger partial charge in [-0.1, -0.05) is 24.3 Å². The number of ether oxygens (including phenoxy) is 1. The molecule has 6 nitrogen and oxygen atoms in total. The van der Waals surface area contributed by atoms with Crippen LogP contribution in [0.15, 0.2) is 48.7 Å². The van der Waals surface area contributed by atoms with Crippen LogP contribution in [0.3, 0.4) is 0 Å². The monoisotopic (exact) mass is 343 g/mol. The van der Waals surface area contributed by atoms with E-state index in [-0.39, 0.29) is 11.6 Å². The highest BCUT2D eigenvalue weighted by Crippen LogP contribution is 2.22. The molecule has 0 saturated heterocycles. The summed E-state index contributed by atoms with van der Waals surface area (Å²) in [5.74, 6) is -0.357. The summed E-state index contributed by atoms with van der Waals surface area (Å²) in [6, 6.07) is 11.1. The van der Waals surface area contributed by atoms with Crippen LogP contribution in [0.25, 0.3) is 0 Å². The number of aromatic nitrogens is 3. The average molecular weight is 343 g/mol. The molecule has 0 aliphatic heterocycles. The standard InChI is InChI=1S/C17H15F2N5O/c1-25-14-8-3-2-5-11(14)9-20-15-10-21-24-17(22-15)23-16-12(18)6-4-7-13(16)19/h2-8,10H,9H2,1H3,(H2,20,22,23,24). The normalized spacial score (nSPS) is 10.4. The molecule has 0 spiro atoms. The molecule has 3 rings (SSSR count). The Kier molecular flexibility index (Phi) is 4.98. The first-order valence-corrected chi connectivity index (χ1v) is 7.44. The lowest BCUT2D eigenvalue weighted by molar-refractivity contribution is 0.410. The minimum atomic E-state index is -0.740. The van der Waals surface area contributed by atoms with E-state index in [2.05, 4.69) is 25.8 Å². The highest BCUT2D eigenvalue weighted by Gasteiger charge is 2.11. The van der Waals surface area contributed by atoms with Crippen LogP contribution in [-0.2, 0) is 6.54 Å². The van der Waals surface area contributed by atoms with Crippen LogP contribution in [0.2, 0.25) is 0 Å².